The van der Waals surface area contributed by atoms with Crippen LogP contribution in [-0.2, 0) is 11.3 Å². The average molecular weight is 268 g/mol. The standard InChI is InChI=1S/C12H9FO2S2/c13-11-4-3-8(16)6-10(11)12(14)15-7-9-2-1-5-17-9/h1-6,16H,7H2. The summed E-state index contributed by atoms with van der Waals surface area (Å²) in [5.74, 6) is -1.27. The maximum Gasteiger partial charge on any atom is 0.341 e. The van der Waals surface area contributed by atoms with Crippen LogP contribution >= 0.6 is 24.0 Å². The van der Waals surface area contributed by atoms with Crippen LogP contribution in [0.25, 0.3) is 0 Å². The SMILES string of the molecule is O=C(OCc1cccs1)c1cc(S)ccc1F. The van der Waals surface area contributed by atoms with Crippen LogP contribution in [0.3, 0.4) is 0 Å². The molecule has 2 rings (SSSR count). The van der Waals surface area contributed by atoms with Crippen molar-refractivity contribution >= 4 is 29.9 Å². The summed E-state index contributed by atoms with van der Waals surface area (Å²) in [5, 5.41) is 1.89. The summed E-state index contributed by atoms with van der Waals surface area (Å²) in [5.41, 5.74) is -0.0888. The van der Waals surface area contributed by atoms with Crippen molar-refractivity contribution in [2.45, 2.75) is 11.5 Å². The highest BCUT2D eigenvalue weighted by Gasteiger charge is 2.13. The lowest BCUT2D eigenvalue weighted by atomic mass is 10.2. The van der Waals surface area contributed by atoms with E-state index in [4.69, 9.17) is 4.74 Å². The molecule has 0 amide bonds. The van der Waals surface area contributed by atoms with Crippen LogP contribution in [-0.4, -0.2) is 5.97 Å². The minimum atomic E-state index is -0.674. The third kappa shape index (κ3) is 3.08. The van der Waals surface area contributed by atoms with Crippen LogP contribution in [0.2, 0.25) is 0 Å². The molecule has 0 aliphatic carbocycles. The van der Waals surface area contributed by atoms with Gasteiger partial charge in [0.2, 0.25) is 0 Å². The van der Waals surface area contributed by atoms with Gasteiger partial charge in [0.05, 0.1) is 5.56 Å². The monoisotopic (exact) mass is 268 g/mol. The fourth-order valence-electron chi connectivity index (χ4n) is 1.28. The van der Waals surface area contributed by atoms with Gasteiger partial charge < -0.3 is 4.74 Å². The van der Waals surface area contributed by atoms with Crippen molar-refractivity contribution in [3.8, 4) is 0 Å². The van der Waals surface area contributed by atoms with Gasteiger partial charge in [-0.15, -0.1) is 24.0 Å². The third-order valence-electron chi connectivity index (χ3n) is 2.10. The molecule has 1 heterocycles. The van der Waals surface area contributed by atoms with Gasteiger partial charge >= 0.3 is 5.97 Å². The molecule has 0 aliphatic heterocycles. The van der Waals surface area contributed by atoms with Gasteiger partial charge in [-0.1, -0.05) is 6.07 Å². The minimum Gasteiger partial charge on any atom is -0.456 e. The molecular weight excluding hydrogens is 259 g/mol. The van der Waals surface area contributed by atoms with E-state index in [0.717, 1.165) is 4.88 Å². The van der Waals surface area contributed by atoms with Crippen LogP contribution in [0.4, 0.5) is 4.39 Å². The molecule has 0 saturated carbocycles. The smallest absolute Gasteiger partial charge is 0.341 e. The van der Waals surface area contributed by atoms with Crippen LogP contribution in [0, 0.1) is 5.82 Å². The summed E-state index contributed by atoms with van der Waals surface area (Å²) in [7, 11) is 0. The molecule has 0 bridgehead atoms. The summed E-state index contributed by atoms with van der Waals surface area (Å²) in [4.78, 5) is 13.1. The molecule has 0 fully saturated rings. The average Bonchev–Trinajstić information content (AvgIpc) is 2.82. The van der Waals surface area contributed by atoms with Gasteiger partial charge in [0.1, 0.15) is 12.4 Å². The number of ether oxygens (including phenoxy) is 1. The Morgan fingerprint density at radius 2 is 2.24 bits per heavy atom. The van der Waals surface area contributed by atoms with Crippen molar-refractivity contribution in [3.63, 3.8) is 0 Å². The molecule has 2 nitrogen and oxygen atoms in total. The van der Waals surface area contributed by atoms with E-state index in [1.54, 1.807) is 0 Å². The molecule has 2 aromatic rings. The predicted molar refractivity (Wildman–Crippen MR) is 67.1 cm³/mol. The van der Waals surface area contributed by atoms with Gasteiger partial charge in [-0.3, -0.25) is 0 Å². The summed E-state index contributed by atoms with van der Waals surface area (Å²) in [6, 6.07) is 7.75. The van der Waals surface area contributed by atoms with Gasteiger partial charge in [-0.2, -0.15) is 0 Å². The first-order chi connectivity index (χ1) is 8.16. The fraction of sp³-hybridized carbons (Fsp3) is 0.0833. The Morgan fingerprint density at radius 3 is 2.94 bits per heavy atom. The van der Waals surface area contributed by atoms with Gasteiger partial charge in [0.15, 0.2) is 0 Å². The van der Waals surface area contributed by atoms with E-state index in [9.17, 15) is 9.18 Å². The van der Waals surface area contributed by atoms with Crippen molar-refractivity contribution < 1.29 is 13.9 Å². The van der Waals surface area contributed by atoms with Crippen molar-refractivity contribution in [2.75, 3.05) is 0 Å². The van der Waals surface area contributed by atoms with E-state index in [1.807, 2.05) is 17.5 Å². The molecule has 0 radical (unpaired) electrons. The van der Waals surface area contributed by atoms with Gasteiger partial charge in [0, 0.05) is 9.77 Å². The molecule has 0 spiro atoms. The van der Waals surface area contributed by atoms with Crippen LogP contribution in [0.5, 0.6) is 0 Å². The number of carbonyl (C=O) groups excluding carboxylic acids is 1. The predicted octanol–water partition coefficient (Wildman–Crippen LogP) is 3.53. The van der Waals surface area contributed by atoms with Gasteiger partial charge in [-0.05, 0) is 29.6 Å². The number of halogens is 1. The van der Waals surface area contributed by atoms with Crippen LogP contribution < -0.4 is 0 Å². The zero-order chi connectivity index (χ0) is 12.3. The Kier molecular flexibility index (Phi) is 3.81. The quantitative estimate of drug-likeness (QED) is 0.681. The lowest BCUT2D eigenvalue weighted by Gasteiger charge is -2.04. The zero-order valence-corrected chi connectivity index (χ0v) is 10.4. The Balaban J connectivity index is 2.07. The second-order valence-corrected chi connectivity index (χ2v) is 4.87. The van der Waals surface area contributed by atoms with E-state index in [2.05, 4.69) is 12.6 Å². The number of thiophene rings is 1. The van der Waals surface area contributed by atoms with Gasteiger partial charge in [-0.25, -0.2) is 9.18 Å². The first-order valence-corrected chi connectivity index (χ1v) is 6.17. The van der Waals surface area contributed by atoms with Crippen molar-refractivity contribution in [1.82, 2.24) is 0 Å². The second kappa shape index (κ2) is 5.33. The minimum absolute atomic E-state index is 0.0888. The molecule has 1 aromatic carbocycles. The number of hydrogen-bond donors (Lipinski definition) is 1. The zero-order valence-electron chi connectivity index (χ0n) is 8.72. The number of hydrogen-bond acceptors (Lipinski definition) is 4. The van der Waals surface area contributed by atoms with E-state index in [-0.39, 0.29) is 12.2 Å². The first-order valence-electron chi connectivity index (χ1n) is 4.85. The summed E-state index contributed by atoms with van der Waals surface area (Å²) >= 11 is 5.53. The molecular formula is C12H9FO2S2. The van der Waals surface area contributed by atoms with Gasteiger partial charge in [0.25, 0.3) is 0 Å². The van der Waals surface area contributed by atoms with Crippen molar-refractivity contribution in [3.05, 3.63) is 52.0 Å². The lowest BCUT2D eigenvalue weighted by Crippen LogP contribution is -2.07. The van der Waals surface area contributed by atoms with Crippen LogP contribution in [0.1, 0.15) is 15.2 Å². The molecule has 0 aliphatic rings. The topological polar surface area (TPSA) is 26.3 Å². The highest BCUT2D eigenvalue weighted by Crippen LogP contribution is 2.16. The molecule has 88 valence electrons. The lowest BCUT2D eigenvalue weighted by molar-refractivity contribution is 0.0471. The van der Waals surface area contributed by atoms with Crippen LogP contribution in [0.15, 0.2) is 40.6 Å². The van der Waals surface area contributed by atoms with E-state index in [1.165, 1.54) is 29.5 Å². The number of thiol groups is 1. The van der Waals surface area contributed by atoms with E-state index >= 15 is 0 Å². The normalized spacial score (nSPS) is 10.2. The Bertz CT molecular complexity index is 523. The van der Waals surface area contributed by atoms with Crippen molar-refractivity contribution in [2.24, 2.45) is 0 Å². The molecule has 17 heavy (non-hydrogen) atoms. The summed E-state index contributed by atoms with van der Waals surface area (Å²) in [6.45, 7) is 0.159. The van der Waals surface area contributed by atoms with E-state index < -0.39 is 11.8 Å². The Hall–Kier alpha value is -1.33. The molecule has 5 heteroatoms. The molecule has 0 atom stereocenters. The maximum absolute atomic E-state index is 13.4. The maximum atomic E-state index is 13.4. The highest BCUT2D eigenvalue weighted by atomic mass is 32.1. The largest absolute Gasteiger partial charge is 0.456 e. The molecule has 0 N–H and O–H groups in total. The first kappa shape index (κ1) is 12.1. The molecule has 0 saturated heterocycles. The highest BCUT2D eigenvalue weighted by molar-refractivity contribution is 7.80. The number of esters is 1. The second-order valence-electron chi connectivity index (χ2n) is 3.32. The van der Waals surface area contributed by atoms with E-state index in [0.29, 0.717) is 4.90 Å². The number of rotatable bonds is 3. The molecule has 0 unspecified atom stereocenters. The fourth-order valence-corrected chi connectivity index (χ4v) is 2.10. The summed E-state index contributed by atoms with van der Waals surface area (Å²) < 4.78 is 18.4. The summed E-state index contributed by atoms with van der Waals surface area (Å²) in [6.07, 6.45) is 0. The van der Waals surface area contributed by atoms with Crippen molar-refractivity contribution in [1.29, 1.82) is 0 Å². The molecule has 1 aromatic heterocycles. The number of carbonyl (C=O) groups is 1. The third-order valence-corrected chi connectivity index (χ3v) is 3.22. The Morgan fingerprint density at radius 1 is 1.41 bits per heavy atom. The number of benzene rings is 1. The Labute approximate surface area is 107 Å².